The van der Waals surface area contributed by atoms with Crippen molar-refractivity contribution in [2.75, 3.05) is 0 Å². The third kappa shape index (κ3) is 7.11. The minimum atomic E-state index is -0.0392. The molecule has 0 aliphatic heterocycles. The van der Waals surface area contributed by atoms with E-state index in [0.717, 1.165) is 29.5 Å². The van der Waals surface area contributed by atoms with Crippen LogP contribution in [0.5, 0.6) is 0 Å². The number of nitrogens with one attached hydrogen (secondary N) is 1. The van der Waals surface area contributed by atoms with Crippen molar-refractivity contribution in [1.82, 2.24) is 10.3 Å². The molecule has 1 aromatic rings. The Hall–Kier alpha value is -1.16. The van der Waals surface area contributed by atoms with Gasteiger partial charge in [-0.2, -0.15) is 0 Å². The summed E-state index contributed by atoms with van der Waals surface area (Å²) in [6.45, 7) is 8.46. The number of aromatic nitrogens is 1. The fourth-order valence-corrected chi connectivity index (χ4v) is 2.39. The smallest absolute Gasteiger partial charge is 0.244 e. The van der Waals surface area contributed by atoms with E-state index in [1.54, 1.807) is 23.5 Å². The number of nitrogens with zero attached hydrogens (tertiary/aromatic N) is 1. The summed E-state index contributed by atoms with van der Waals surface area (Å²) >= 11 is 1.59. The van der Waals surface area contributed by atoms with Crippen molar-refractivity contribution in [2.45, 2.75) is 53.0 Å². The maximum absolute atomic E-state index is 11.7. The van der Waals surface area contributed by atoms with Gasteiger partial charge in [0.1, 0.15) is 0 Å². The number of carbonyl (C=O) groups excluding carboxylic acids is 1. The molecule has 19 heavy (non-hydrogen) atoms. The molecule has 1 heterocycles. The second-order valence-electron chi connectivity index (χ2n) is 5.36. The highest BCUT2D eigenvalue weighted by atomic mass is 32.1. The molecule has 0 fully saturated rings. The first kappa shape index (κ1) is 15.9. The Kier molecular flexibility index (Phi) is 6.78. The van der Waals surface area contributed by atoms with E-state index in [2.05, 4.69) is 31.1 Å². The number of amides is 1. The molecule has 1 rings (SSSR count). The molecule has 3 nitrogen and oxygen atoms in total. The monoisotopic (exact) mass is 280 g/mol. The summed E-state index contributed by atoms with van der Waals surface area (Å²) in [5.41, 5.74) is 0.852. The van der Waals surface area contributed by atoms with Crippen molar-refractivity contribution >= 4 is 23.3 Å². The third-order valence-electron chi connectivity index (χ3n) is 2.85. The number of thiazole rings is 1. The molecule has 0 bridgehead atoms. The molecule has 0 aliphatic rings. The van der Waals surface area contributed by atoms with Crippen molar-refractivity contribution < 1.29 is 4.79 Å². The molecular weight excluding hydrogens is 256 g/mol. The minimum Gasteiger partial charge on any atom is -0.350 e. The lowest BCUT2D eigenvalue weighted by Crippen LogP contribution is -2.31. The number of rotatable bonds is 7. The fraction of sp³-hybridized carbons (Fsp3) is 0.600. The molecule has 1 aromatic heterocycles. The molecule has 0 aromatic carbocycles. The summed E-state index contributed by atoms with van der Waals surface area (Å²) in [5, 5.41) is 5.95. The highest BCUT2D eigenvalue weighted by Crippen LogP contribution is 2.10. The predicted octanol–water partition coefficient (Wildman–Crippen LogP) is 3.80. The van der Waals surface area contributed by atoms with Crippen LogP contribution in [0.25, 0.3) is 6.08 Å². The normalized spacial score (nSPS) is 13.1. The van der Waals surface area contributed by atoms with E-state index < -0.39 is 0 Å². The molecule has 0 radical (unpaired) electrons. The Morgan fingerprint density at radius 2 is 2.16 bits per heavy atom. The Morgan fingerprint density at radius 3 is 2.74 bits per heavy atom. The first-order chi connectivity index (χ1) is 8.97. The Morgan fingerprint density at radius 1 is 1.42 bits per heavy atom. The van der Waals surface area contributed by atoms with Gasteiger partial charge >= 0.3 is 0 Å². The van der Waals surface area contributed by atoms with E-state index in [9.17, 15) is 4.79 Å². The van der Waals surface area contributed by atoms with Crippen LogP contribution in [0.15, 0.2) is 11.5 Å². The Balaban J connectivity index is 2.28. The summed E-state index contributed by atoms with van der Waals surface area (Å²) in [7, 11) is 0. The molecule has 4 heteroatoms. The average molecular weight is 280 g/mol. The zero-order valence-corrected chi connectivity index (χ0v) is 13.1. The van der Waals surface area contributed by atoms with Gasteiger partial charge in [-0.25, -0.2) is 4.98 Å². The van der Waals surface area contributed by atoms with Gasteiger partial charge in [0.25, 0.3) is 0 Å². The molecule has 0 saturated carbocycles. The standard InChI is InChI=1S/C15H24N2OS/c1-11(2)6-5-7-12(3)16-15(18)9-8-14-10-19-13(4)17-14/h8-12H,5-7H2,1-4H3,(H,16,18)/b9-8+. The highest BCUT2D eigenvalue weighted by Gasteiger charge is 2.05. The summed E-state index contributed by atoms with van der Waals surface area (Å²) in [4.78, 5) is 16.0. The molecule has 0 aliphatic carbocycles. The van der Waals surface area contributed by atoms with E-state index in [-0.39, 0.29) is 11.9 Å². The molecular formula is C15H24N2OS. The number of hydrogen-bond donors (Lipinski definition) is 1. The van der Waals surface area contributed by atoms with Crippen molar-refractivity contribution in [3.8, 4) is 0 Å². The Bertz CT molecular complexity index is 424. The van der Waals surface area contributed by atoms with Gasteiger partial charge in [-0.15, -0.1) is 11.3 Å². The van der Waals surface area contributed by atoms with Crippen molar-refractivity contribution in [1.29, 1.82) is 0 Å². The van der Waals surface area contributed by atoms with E-state index in [1.165, 1.54) is 6.42 Å². The summed E-state index contributed by atoms with van der Waals surface area (Å²) in [5.74, 6) is 0.693. The molecule has 1 atom stereocenters. The van der Waals surface area contributed by atoms with Crippen molar-refractivity contribution in [2.24, 2.45) is 5.92 Å². The third-order valence-corrected chi connectivity index (χ3v) is 3.64. The molecule has 0 saturated heterocycles. The van der Waals surface area contributed by atoms with Crippen molar-refractivity contribution in [3.63, 3.8) is 0 Å². The van der Waals surface area contributed by atoms with E-state index in [4.69, 9.17) is 0 Å². The van der Waals surface area contributed by atoms with Crippen LogP contribution in [0, 0.1) is 12.8 Å². The first-order valence-electron chi connectivity index (χ1n) is 6.88. The lowest BCUT2D eigenvalue weighted by molar-refractivity contribution is -0.117. The molecule has 1 unspecified atom stereocenters. The van der Waals surface area contributed by atoms with Gasteiger partial charge in [0.2, 0.25) is 5.91 Å². The van der Waals surface area contributed by atoms with Crippen LogP contribution in [0.1, 0.15) is 50.7 Å². The second-order valence-corrected chi connectivity index (χ2v) is 6.42. The van der Waals surface area contributed by atoms with Crippen LogP contribution in [-0.2, 0) is 4.79 Å². The zero-order valence-electron chi connectivity index (χ0n) is 12.3. The van der Waals surface area contributed by atoms with Gasteiger partial charge in [0, 0.05) is 17.5 Å². The van der Waals surface area contributed by atoms with E-state index in [1.807, 2.05) is 12.3 Å². The van der Waals surface area contributed by atoms with Gasteiger partial charge in [0.05, 0.1) is 10.7 Å². The quantitative estimate of drug-likeness (QED) is 0.772. The SMILES string of the molecule is Cc1nc(/C=C/C(=O)NC(C)CCCC(C)C)cs1. The fourth-order valence-electron chi connectivity index (χ4n) is 1.81. The minimum absolute atomic E-state index is 0.0392. The van der Waals surface area contributed by atoms with Gasteiger partial charge in [-0.3, -0.25) is 4.79 Å². The number of aryl methyl sites for hydroxylation is 1. The van der Waals surface area contributed by atoms with Crippen LogP contribution in [0.4, 0.5) is 0 Å². The number of hydrogen-bond acceptors (Lipinski definition) is 3. The molecule has 0 spiro atoms. The van der Waals surface area contributed by atoms with Crippen LogP contribution < -0.4 is 5.32 Å². The topological polar surface area (TPSA) is 42.0 Å². The Labute approximate surface area is 120 Å². The lowest BCUT2D eigenvalue weighted by Gasteiger charge is -2.13. The van der Waals surface area contributed by atoms with E-state index in [0.29, 0.717) is 0 Å². The van der Waals surface area contributed by atoms with Gasteiger partial charge in [-0.1, -0.05) is 26.7 Å². The molecule has 1 N–H and O–H groups in total. The average Bonchev–Trinajstić information content (AvgIpc) is 2.72. The van der Waals surface area contributed by atoms with Crippen LogP contribution in [0.2, 0.25) is 0 Å². The largest absolute Gasteiger partial charge is 0.350 e. The van der Waals surface area contributed by atoms with Crippen molar-refractivity contribution in [3.05, 3.63) is 22.2 Å². The maximum atomic E-state index is 11.7. The summed E-state index contributed by atoms with van der Waals surface area (Å²) < 4.78 is 0. The number of carbonyl (C=O) groups is 1. The molecule has 1 amide bonds. The zero-order chi connectivity index (χ0) is 14.3. The summed E-state index contributed by atoms with van der Waals surface area (Å²) in [6.07, 6.45) is 6.74. The van der Waals surface area contributed by atoms with E-state index >= 15 is 0 Å². The van der Waals surface area contributed by atoms with Crippen LogP contribution in [0.3, 0.4) is 0 Å². The van der Waals surface area contributed by atoms with Crippen LogP contribution >= 0.6 is 11.3 Å². The van der Waals surface area contributed by atoms with Gasteiger partial charge in [0.15, 0.2) is 0 Å². The molecule has 106 valence electrons. The first-order valence-corrected chi connectivity index (χ1v) is 7.76. The highest BCUT2D eigenvalue weighted by molar-refractivity contribution is 7.09. The van der Waals surface area contributed by atoms with Crippen LogP contribution in [-0.4, -0.2) is 16.9 Å². The predicted molar refractivity (Wildman–Crippen MR) is 82.2 cm³/mol. The second kappa shape index (κ2) is 8.10. The lowest BCUT2D eigenvalue weighted by atomic mass is 10.0. The van der Waals surface area contributed by atoms with Gasteiger partial charge in [-0.05, 0) is 32.3 Å². The maximum Gasteiger partial charge on any atom is 0.244 e. The summed E-state index contributed by atoms with van der Waals surface area (Å²) in [6, 6.07) is 0.230. The van der Waals surface area contributed by atoms with Gasteiger partial charge < -0.3 is 5.32 Å².